The molecule has 24 heavy (non-hydrogen) atoms. The molecular weight excluding hydrogens is 306 g/mol. The number of hydrogen-bond acceptors (Lipinski definition) is 5. The van der Waals surface area contributed by atoms with E-state index in [1.807, 2.05) is 29.2 Å². The number of hydrogen-bond donors (Lipinski definition) is 1. The summed E-state index contributed by atoms with van der Waals surface area (Å²) >= 11 is 0. The van der Waals surface area contributed by atoms with Gasteiger partial charge in [0, 0.05) is 30.8 Å². The molecule has 1 atom stereocenters. The molecule has 2 heterocycles. The molecule has 1 N–H and O–H groups in total. The van der Waals surface area contributed by atoms with Gasteiger partial charge in [0.1, 0.15) is 0 Å². The third-order valence-corrected chi connectivity index (χ3v) is 4.21. The Morgan fingerprint density at radius 1 is 1.33 bits per heavy atom. The first kappa shape index (κ1) is 16.6. The maximum absolute atomic E-state index is 12.8. The van der Waals surface area contributed by atoms with Crippen LogP contribution in [0.5, 0.6) is 0 Å². The zero-order valence-corrected chi connectivity index (χ0v) is 13.9. The van der Waals surface area contributed by atoms with E-state index in [1.54, 1.807) is 0 Å². The Labute approximate surface area is 141 Å². The number of rotatable bonds is 6. The fourth-order valence-corrected chi connectivity index (χ4v) is 2.97. The van der Waals surface area contributed by atoms with Gasteiger partial charge >= 0.3 is 0 Å². The number of H-pyrrole nitrogens is 1. The number of amides is 1. The van der Waals surface area contributed by atoms with Gasteiger partial charge in [0.15, 0.2) is 0 Å². The van der Waals surface area contributed by atoms with Crippen LogP contribution in [0.2, 0.25) is 0 Å². The number of ether oxygens (including phenoxy) is 1. The molecule has 0 saturated carbocycles. The van der Waals surface area contributed by atoms with Gasteiger partial charge in [-0.05, 0) is 43.0 Å². The van der Waals surface area contributed by atoms with Crippen LogP contribution < -0.4 is 0 Å². The van der Waals surface area contributed by atoms with Crippen molar-refractivity contribution in [1.29, 1.82) is 0 Å². The Hall–Kier alpha value is -2.28. The Balaban J connectivity index is 1.69. The second-order valence-corrected chi connectivity index (χ2v) is 6.05. The SMILES string of the molecule is CCCN(C[C@@H]1CCCCO1)C(=O)c1ccc(-c2nn[nH]n2)cc1. The molecule has 2 aromatic rings. The molecule has 1 aromatic heterocycles. The number of aromatic nitrogens is 4. The van der Waals surface area contributed by atoms with E-state index in [9.17, 15) is 4.79 Å². The maximum atomic E-state index is 12.8. The van der Waals surface area contributed by atoms with Gasteiger partial charge in [-0.2, -0.15) is 5.21 Å². The van der Waals surface area contributed by atoms with Gasteiger partial charge in [0.25, 0.3) is 5.91 Å². The van der Waals surface area contributed by atoms with Gasteiger partial charge in [0.05, 0.1) is 6.10 Å². The minimum Gasteiger partial charge on any atom is -0.376 e. The van der Waals surface area contributed by atoms with Crippen molar-refractivity contribution in [2.75, 3.05) is 19.7 Å². The van der Waals surface area contributed by atoms with Crippen LogP contribution >= 0.6 is 0 Å². The molecule has 7 heteroatoms. The predicted molar refractivity (Wildman–Crippen MR) is 89.4 cm³/mol. The van der Waals surface area contributed by atoms with Crippen molar-refractivity contribution in [3.05, 3.63) is 29.8 Å². The normalized spacial score (nSPS) is 17.6. The lowest BCUT2D eigenvalue weighted by molar-refractivity contribution is -0.00383. The Bertz CT molecular complexity index is 636. The molecule has 1 aliphatic rings. The summed E-state index contributed by atoms with van der Waals surface area (Å²) < 4.78 is 5.79. The molecule has 1 amide bonds. The van der Waals surface area contributed by atoms with Gasteiger partial charge in [0.2, 0.25) is 5.82 Å². The van der Waals surface area contributed by atoms with Crippen LogP contribution in [0.4, 0.5) is 0 Å². The minimum atomic E-state index is 0.0469. The van der Waals surface area contributed by atoms with Gasteiger partial charge in [-0.3, -0.25) is 4.79 Å². The molecule has 1 fully saturated rings. The number of carbonyl (C=O) groups excluding carboxylic acids is 1. The monoisotopic (exact) mass is 329 g/mol. The zero-order chi connectivity index (χ0) is 16.8. The smallest absolute Gasteiger partial charge is 0.253 e. The Morgan fingerprint density at radius 3 is 2.79 bits per heavy atom. The average molecular weight is 329 g/mol. The topological polar surface area (TPSA) is 84.0 Å². The molecule has 0 bridgehead atoms. The number of tetrazole rings is 1. The Morgan fingerprint density at radius 2 is 2.17 bits per heavy atom. The molecule has 0 spiro atoms. The van der Waals surface area contributed by atoms with E-state index >= 15 is 0 Å². The lowest BCUT2D eigenvalue weighted by Gasteiger charge is -2.30. The summed E-state index contributed by atoms with van der Waals surface area (Å²) in [6, 6.07) is 7.33. The van der Waals surface area contributed by atoms with Crippen LogP contribution in [-0.4, -0.2) is 57.2 Å². The van der Waals surface area contributed by atoms with Crippen molar-refractivity contribution < 1.29 is 9.53 Å². The lowest BCUT2D eigenvalue weighted by Crippen LogP contribution is -2.40. The van der Waals surface area contributed by atoms with E-state index in [-0.39, 0.29) is 12.0 Å². The average Bonchev–Trinajstić information content (AvgIpc) is 3.16. The van der Waals surface area contributed by atoms with Gasteiger partial charge in [-0.25, -0.2) is 0 Å². The highest BCUT2D eigenvalue weighted by molar-refractivity contribution is 5.94. The number of aromatic amines is 1. The van der Waals surface area contributed by atoms with Gasteiger partial charge in [-0.1, -0.05) is 19.1 Å². The summed E-state index contributed by atoms with van der Waals surface area (Å²) in [5.41, 5.74) is 1.50. The molecule has 0 unspecified atom stereocenters. The van der Waals surface area contributed by atoms with E-state index in [4.69, 9.17) is 4.74 Å². The highest BCUT2D eigenvalue weighted by Gasteiger charge is 2.22. The summed E-state index contributed by atoms with van der Waals surface area (Å²) in [6.07, 6.45) is 4.42. The van der Waals surface area contributed by atoms with E-state index < -0.39 is 0 Å². The largest absolute Gasteiger partial charge is 0.376 e. The van der Waals surface area contributed by atoms with Crippen LogP contribution in [0, 0.1) is 0 Å². The zero-order valence-electron chi connectivity index (χ0n) is 13.9. The number of nitrogens with one attached hydrogen (secondary N) is 1. The van der Waals surface area contributed by atoms with E-state index in [1.165, 1.54) is 6.42 Å². The first-order valence-electron chi connectivity index (χ1n) is 8.52. The molecule has 0 aliphatic carbocycles. The van der Waals surface area contributed by atoms with Crippen molar-refractivity contribution in [2.45, 2.75) is 38.7 Å². The third kappa shape index (κ3) is 3.97. The van der Waals surface area contributed by atoms with Crippen molar-refractivity contribution in [1.82, 2.24) is 25.5 Å². The highest BCUT2D eigenvalue weighted by atomic mass is 16.5. The fourth-order valence-electron chi connectivity index (χ4n) is 2.97. The number of nitrogens with zero attached hydrogens (tertiary/aromatic N) is 4. The second kappa shape index (κ2) is 8.01. The molecular formula is C17H23N5O2. The lowest BCUT2D eigenvalue weighted by atomic mass is 10.1. The van der Waals surface area contributed by atoms with Crippen molar-refractivity contribution in [3.8, 4) is 11.4 Å². The molecule has 1 aromatic carbocycles. The summed E-state index contributed by atoms with van der Waals surface area (Å²) in [7, 11) is 0. The summed E-state index contributed by atoms with van der Waals surface area (Å²) in [5, 5.41) is 13.9. The number of benzene rings is 1. The minimum absolute atomic E-state index is 0.0469. The van der Waals surface area contributed by atoms with Crippen LogP contribution in [0.3, 0.4) is 0 Å². The summed E-state index contributed by atoms with van der Waals surface area (Å²) in [4.78, 5) is 14.7. The van der Waals surface area contributed by atoms with Crippen molar-refractivity contribution >= 4 is 5.91 Å². The van der Waals surface area contributed by atoms with Crippen LogP contribution in [0.1, 0.15) is 43.0 Å². The van der Waals surface area contributed by atoms with Crippen molar-refractivity contribution in [3.63, 3.8) is 0 Å². The van der Waals surface area contributed by atoms with Gasteiger partial charge in [-0.15, -0.1) is 10.2 Å². The predicted octanol–water partition coefficient (Wildman–Crippen LogP) is 2.29. The molecule has 0 radical (unpaired) electrons. The fraction of sp³-hybridized carbons (Fsp3) is 0.529. The van der Waals surface area contributed by atoms with Crippen LogP contribution in [0.15, 0.2) is 24.3 Å². The summed E-state index contributed by atoms with van der Waals surface area (Å²) in [5.74, 6) is 0.570. The summed E-state index contributed by atoms with van der Waals surface area (Å²) in [6.45, 7) is 4.30. The Kier molecular flexibility index (Phi) is 5.53. The highest BCUT2D eigenvalue weighted by Crippen LogP contribution is 2.18. The molecule has 7 nitrogen and oxygen atoms in total. The second-order valence-electron chi connectivity index (χ2n) is 6.05. The molecule has 3 rings (SSSR count). The first-order chi connectivity index (χ1) is 11.8. The van der Waals surface area contributed by atoms with E-state index in [2.05, 4.69) is 27.5 Å². The molecule has 1 aliphatic heterocycles. The first-order valence-corrected chi connectivity index (χ1v) is 8.52. The molecule has 128 valence electrons. The van der Waals surface area contributed by atoms with E-state index in [0.29, 0.717) is 17.9 Å². The van der Waals surface area contributed by atoms with E-state index in [0.717, 1.165) is 38.0 Å². The van der Waals surface area contributed by atoms with Crippen LogP contribution in [0.25, 0.3) is 11.4 Å². The van der Waals surface area contributed by atoms with Crippen LogP contribution in [-0.2, 0) is 4.74 Å². The third-order valence-electron chi connectivity index (χ3n) is 4.21. The van der Waals surface area contributed by atoms with Crippen molar-refractivity contribution in [2.24, 2.45) is 0 Å². The maximum Gasteiger partial charge on any atom is 0.253 e. The molecule has 1 saturated heterocycles. The number of carbonyl (C=O) groups is 1. The van der Waals surface area contributed by atoms with Gasteiger partial charge < -0.3 is 9.64 Å². The standard InChI is InChI=1S/C17H23N5O2/c1-2-10-22(12-15-5-3-4-11-24-15)17(23)14-8-6-13(7-9-14)16-18-20-21-19-16/h6-9,15H,2-5,10-12H2,1H3,(H,18,19,20,21)/t15-/m0/s1. The quantitative estimate of drug-likeness (QED) is 0.879.